The van der Waals surface area contributed by atoms with E-state index in [1.807, 2.05) is 13.8 Å². The fourth-order valence-corrected chi connectivity index (χ4v) is 1.67. The van der Waals surface area contributed by atoms with Crippen LogP contribution in [0.4, 0.5) is 0 Å². The predicted octanol–water partition coefficient (Wildman–Crippen LogP) is 2.28. The highest BCUT2D eigenvalue weighted by Crippen LogP contribution is 2.28. The second kappa shape index (κ2) is 4.91. The van der Waals surface area contributed by atoms with Gasteiger partial charge in [-0.3, -0.25) is 4.79 Å². The van der Waals surface area contributed by atoms with E-state index in [9.17, 15) is 15.0 Å². The fraction of sp³-hybridized carbons (Fsp3) is 0.308. The summed E-state index contributed by atoms with van der Waals surface area (Å²) < 4.78 is 1.74. The highest BCUT2D eigenvalue weighted by molar-refractivity contribution is 5.83. The Balaban J connectivity index is 0.000000686. The molecule has 0 radical (unpaired) electrons. The molecule has 0 bridgehead atoms. The Hall–Kier alpha value is -1.97. The van der Waals surface area contributed by atoms with Crippen molar-refractivity contribution in [1.29, 1.82) is 0 Å². The van der Waals surface area contributed by atoms with E-state index in [1.54, 1.807) is 24.7 Å². The van der Waals surface area contributed by atoms with Crippen molar-refractivity contribution in [3.05, 3.63) is 34.1 Å². The van der Waals surface area contributed by atoms with Crippen LogP contribution < -0.4 is 5.43 Å². The maximum atomic E-state index is 11.7. The lowest BCUT2D eigenvalue weighted by Crippen LogP contribution is -2.09. The average molecular weight is 235 g/mol. The Morgan fingerprint density at radius 3 is 2.24 bits per heavy atom. The molecule has 4 nitrogen and oxygen atoms in total. The molecule has 0 saturated carbocycles. The third-order valence-corrected chi connectivity index (χ3v) is 2.46. The van der Waals surface area contributed by atoms with Crippen molar-refractivity contribution >= 4 is 10.9 Å². The lowest BCUT2D eigenvalue weighted by atomic mass is 10.1. The second-order valence-corrected chi connectivity index (χ2v) is 3.61. The third kappa shape index (κ3) is 2.25. The summed E-state index contributed by atoms with van der Waals surface area (Å²) in [6.07, 6.45) is 1.70. The van der Waals surface area contributed by atoms with E-state index in [0.29, 0.717) is 16.5 Å². The Morgan fingerprint density at radius 1 is 1.12 bits per heavy atom. The summed E-state index contributed by atoms with van der Waals surface area (Å²) in [6.45, 7) is 5.71. The number of aryl methyl sites for hydroxylation is 2. The smallest absolute Gasteiger partial charge is 0.192 e. The van der Waals surface area contributed by atoms with Crippen molar-refractivity contribution < 1.29 is 10.2 Å². The first-order valence-electron chi connectivity index (χ1n) is 5.52. The first-order valence-corrected chi connectivity index (χ1v) is 5.52. The van der Waals surface area contributed by atoms with Gasteiger partial charge in [0.15, 0.2) is 16.9 Å². The highest BCUT2D eigenvalue weighted by atomic mass is 16.3. The minimum atomic E-state index is -0.273. The molecule has 0 unspecified atom stereocenters. The van der Waals surface area contributed by atoms with Crippen molar-refractivity contribution in [1.82, 2.24) is 4.57 Å². The Bertz CT molecular complexity index is 600. The number of hydrogen-bond acceptors (Lipinski definition) is 3. The predicted molar refractivity (Wildman–Crippen MR) is 68.6 cm³/mol. The van der Waals surface area contributed by atoms with E-state index in [-0.39, 0.29) is 16.9 Å². The summed E-state index contributed by atoms with van der Waals surface area (Å²) in [5, 5.41) is 19.1. The molecule has 2 N–H and O–H groups in total. The molecule has 0 atom stereocenters. The molecular weight excluding hydrogens is 218 g/mol. The summed E-state index contributed by atoms with van der Waals surface area (Å²) in [5.74, 6) is -0.494. The number of rotatable bonds is 0. The number of pyridine rings is 1. The van der Waals surface area contributed by atoms with Crippen molar-refractivity contribution in [3.63, 3.8) is 0 Å². The molecule has 0 aliphatic rings. The topological polar surface area (TPSA) is 62.5 Å². The quantitative estimate of drug-likeness (QED) is 0.689. The minimum Gasteiger partial charge on any atom is -0.504 e. The van der Waals surface area contributed by atoms with Crippen LogP contribution in [0.25, 0.3) is 10.9 Å². The molecule has 0 saturated heterocycles. The molecule has 1 aromatic heterocycles. The number of phenols is 2. The molecule has 0 spiro atoms. The number of aromatic hydroxyl groups is 2. The zero-order valence-electron chi connectivity index (χ0n) is 10.5. The van der Waals surface area contributed by atoms with E-state index in [1.165, 1.54) is 12.1 Å². The summed E-state index contributed by atoms with van der Waals surface area (Å²) in [7, 11) is 1.78. The zero-order chi connectivity index (χ0) is 13.2. The van der Waals surface area contributed by atoms with Crippen LogP contribution in [-0.4, -0.2) is 14.8 Å². The highest BCUT2D eigenvalue weighted by Gasteiger charge is 2.08. The van der Waals surface area contributed by atoms with Gasteiger partial charge < -0.3 is 14.8 Å². The van der Waals surface area contributed by atoms with Gasteiger partial charge in [0.2, 0.25) is 0 Å². The van der Waals surface area contributed by atoms with Gasteiger partial charge in [-0.1, -0.05) is 13.8 Å². The standard InChI is InChI=1S/C11H11NO3.C2H6/c1-6-5-12(2)8-4-10(14)9(13)3-7(8)11(6)15;1-2/h3-5,13-14H,1-2H3;1-2H3. The lowest BCUT2D eigenvalue weighted by molar-refractivity contribution is 0.404. The number of aromatic nitrogens is 1. The molecule has 17 heavy (non-hydrogen) atoms. The molecule has 2 rings (SSSR count). The van der Waals surface area contributed by atoms with Crippen molar-refractivity contribution in [2.45, 2.75) is 20.8 Å². The van der Waals surface area contributed by atoms with Crippen LogP contribution in [0.15, 0.2) is 23.1 Å². The van der Waals surface area contributed by atoms with Crippen LogP contribution >= 0.6 is 0 Å². The number of nitrogens with zero attached hydrogens (tertiary/aromatic N) is 1. The van der Waals surface area contributed by atoms with Gasteiger partial charge in [0.05, 0.1) is 5.52 Å². The van der Waals surface area contributed by atoms with E-state index < -0.39 is 0 Å². The van der Waals surface area contributed by atoms with Gasteiger partial charge in [-0.25, -0.2) is 0 Å². The lowest BCUT2D eigenvalue weighted by Gasteiger charge is -2.07. The summed E-state index contributed by atoms with van der Waals surface area (Å²) in [5.41, 5.74) is 1.08. The van der Waals surface area contributed by atoms with Gasteiger partial charge in [0.1, 0.15) is 0 Å². The monoisotopic (exact) mass is 235 g/mol. The molecule has 0 aliphatic heterocycles. The minimum absolute atomic E-state index is 0.126. The molecule has 92 valence electrons. The fourth-order valence-electron chi connectivity index (χ4n) is 1.67. The largest absolute Gasteiger partial charge is 0.504 e. The molecule has 0 amide bonds. The van der Waals surface area contributed by atoms with Gasteiger partial charge in [-0.2, -0.15) is 0 Å². The SMILES string of the molecule is CC.Cc1cn(C)c2cc(O)c(O)cc2c1=O. The van der Waals surface area contributed by atoms with Gasteiger partial charge in [0, 0.05) is 30.3 Å². The normalized spacial score (nSPS) is 9.88. The second-order valence-electron chi connectivity index (χ2n) is 3.61. The maximum absolute atomic E-state index is 11.7. The third-order valence-electron chi connectivity index (χ3n) is 2.46. The van der Waals surface area contributed by atoms with E-state index in [0.717, 1.165) is 0 Å². The molecular formula is C13H17NO3. The van der Waals surface area contributed by atoms with E-state index >= 15 is 0 Å². The molecule has 2 aromatic rings. The van der Waals surface area contributed by atoms with Crippen molar-refractivity contribution in [2.24, 2.45) is 7.05 Å². The van der Waals surface area contributed by atoms with Crippen LogP contribution in [0.3, 0.4) is 0 Å². The Labute approximate surface area is 99.8 Å². The van der Waals surface area contributed by atoms with Crippen LogP contribution in [0.5, 0.6) is 11.5 Å². The van der Waals surface area contributed by atoms with Crippen LogP contribution in [-0.2, 0) is 7.05 Å². The molecule has 1 aromatic carbocycles. The van der Waals surface area contributed by atoms with E-state index in [2.05, 4.69) is 0 Å². The molecule has 4 heteroatoms. The zero-order valence-corrected chi connectivity index (χ0v) is 10.5. The maximum Gasteiger partial charge on any atom is 0.192 e. The van der Waals surface area contributed by atoms with Crippen LogP contribution in [0, 0.1) is 6.92 Å². The van der Waals surface area contributed by atoms with Crippen LogP contribution in [0.1, 0.15) is 19.4 Å². The summed E-state index contributed by atoms with van der Waals surface area (Å²) in [6, 6.07) is 2.67. The van der Waals surface area contributed by atoms with Crippen molar-refractivity contribution in [2.75, 3.05) is 0 Å². The Kier molecular flexibility index (Phi) is 3.78. The number of fused-ring (bicyclic) bond motifs is 1. The number of hydrogen-bond donors (Lipinski definition) is 2. The van der Waals surface area contributed by atoms with E-state index in [4.69, 9.17) is 0 Å². The van der Waals surface area contributed by atoms with Crippen molar-refractivity contribution in [3.8, 4) is 11.5 Å². The molecule has 0 fully saturated rings. The first kappa shape index (κ1) is 13.1. The number of phenolic OH excluding ortho intramolecular Hbond substituents is 2. The summed E-state index contributed by atoms with van der Waals surface area (Å²) in [4.78, 5) is 11.7. The van der Waals surface area contributed by atoms with Gasteiger partial charge >= 0.3 is 0 Å². The summed E-state index contributed by atoms with van der Waals surface area (Å²) >= 11 is 0. The van der Waals surface area contributed by atoms with Gasteiger partial charge in [0.25, 0.3) is 0 Å². The Morgan fingerprint density at radius 2 is 1.65 bits per heavy atom. The molecule has 1 heterocycles. The number of benzene rings is 1. The average Bonchev–Trinajstić information content (AvgIpc) is 2.31. The van der Waals surface area contributed by atoms with Gasteiger partial charge in [-0.15, -0.1) is 0 Å². The molecule has 0 aliphatic carbocycles. The first-order chi connectivity index (χ1) is 8.00. The van der Waals surface area contributed by atoms with Crippen LogP contribution in [0.2, 0.25) is 0 Å². The van der Waals surface area contributed by atoms with Gasteiger partial charge in [-0.05, 0) is 13.0 Å².